The molecule has 0 aromatic rings. The molecule has 0 aromatic heterocycles. The van der Waals surface area contributed by atoms with Gasteiger partial charge in [0.05, 0.1) is 0 Å². The average molecular weight is 206 g/mol. The van der Waals surface area contributed by atoms with E-state index in [1.807, 2.05) is 0 Å². The summed E-state index contributed by atoms with van der Waals surface area (Å²) in [7, 11) is 0. The van der Waals surface area contributed by atoms with Gasteiger partial charge in [0.15, 0.2) is 0 Å². The molecule has 0 unspecified atom stereocenters. The fraction of sp³-hybridized carbons (Fsp3) is 0.833. The first-order valence-corrected chi connectivity index (χ1v) is 5.63. The van der Waals surface area contributed by atoms with E-state index in [1.54, 1.807) is 0 Å². The SMILES string of the molecule is [CH-]1CCCCC1.[CH-]1CCCCC1.[Ca+2]. The Hall–Kier alpha value is 1.26. The van der Waals surface area contributed by atoms with Crippen molar-refractivity contribution in [2.75, 3.05) is 0 Å². The standard InChI is InChI=1S/2C6H11.Ca/c2*1-2-4-6-5-3-1;/h2*1H,2-6H2;/q2*-1;+2. The van der Waals surface area contributed by atoms with E-state index in [9.17, 15) is 0 Å². The van der Waals surface area contributed by atoms with Crippen LogP contribution in [0.2, 0.25) is 0 Å². The Morgan fingerprint density at radius 3 is 0.846 bits per heavy atom. The molecule has 0 saturated heterocycles. The van der Waals surface area contributed by atoms with Crippen molar-refractivity contribution in [1.29, 1.82) is 0 Å². The third-order valence-electron chi connectivity index (χ3n) is 2.63. The Morgan fingerprint density at radius 1 is 0.462 bits per heavy atom. The molecule has 0 aromatic carbocycles. The van der Waals surface area contributed by atoms with Gasteiger partial charge in [-0.1, -0.05) is 38.5 Å². The second-order valence-electron chi connectivity index (χ2n) is 3.85. The molecule has 0 radical (unpaired) electrons. The first-order valence-electron chi connectivity index (χ1n) is 5.63. The first kappa shape index (κ1) is 14.3. The van der Waals surface area contributed by atoms with E-state index in [2.05, 4.69) is 12.8 Å². The maximum Gasteiger partial charge on any atom is 2.00 e. The summed E-state index contributed by atoms with van der Waals surface area (Å²) in [4.78, 5) is 0. The summed E-state index contributed by atoms with van der Waals surface area (Å²) in [5.74, 6) is 0. The van der Waals surface area contributed by atoms with Crippen molar-refractivity contribution < 1.29 is 0 Å². The molecule has 1 heteroatoms. The Labute approximate surface area is 114 Å². The van der Waals surface area contributed by atoms with Crippen LogP contribution in [-0.4, -0.2) is 37.7 Å². The summed E-state index contributed by atoms with van der Waals surface area (Å²) in [5.41, 5.74) is 0. The predicted octanol–water partition coefficient (Wildman–Crippen LogP) is 3.93. The van der Waals surface area contributed by atoms with Gasteiger partial charge in [-0.3, -0.25) is 0 Å². The van der Waals surface area contributed by atoms with Crippen LogP contribution < -0.4 is 0 Å². The maximum absolute atomic E-state index is 2.39. The molecular weight excluding hydrogens is 184 g/mol. The van der Waals surface area contributed by atoms with Crippen LogP contribution in [0.15, 0.2) is 0 Å². The van der Waals surface area contributed by atoms with E-state index in [0.29, 0.717) is 0 Å². The molecule has 2 aliphatic rings. The Balaban J connectivity index is 0.000000206. The molecule has 0 amide bonds. The van der Waals surface area contributed by atoms with Gasteiger partial charge in [0.25, 0.3) is 0 Å². The van der Waals surface area contributed by atoms with Crippen molar-refractivity contribution in [1.82, 2.24) is 0 Å². The molecule has 0 atom stereocenters. The van der Waals surface area contributed by atoms with Crippen LogP contribution in [0, 0.1) is 12.8 Å². The summed E-state index contributed by atoms with van der Waals surface area (Å²) in [6, 6.07) is 0. The summed E-state index contributed by atoms with van der Waals surface area (Å²) < 4.78 is 0. The second kappa shape index (κ2) is 11.3. The van der Waals surface area contributed by atoms with Crippen LogP contribution in [-0.2, 0) is 0 Å². The van der Waals surface area contributed by atoms with Crippen molar-refractivity contribution in [2.24, 2.45) is 0 Å². The normalized spacial score (nSPS) is 22.2. The third-order valence-corrected chi connectivity index (χ3v) is 2.63. The largest absolute Gasteiger partial charge is 2.00 e. The number of hydrogen-bond donors (Lipinski definition) is 0. The topological polar surface area (TPSA) is 0 Å². The second-order valence-corrected chi connectivity index (χ2v) is 3.85. The zero-order valence-corrected chi connectivity index (χ0v) is 11.1. The van der Waals surface area contributed by atoms with E-state index in [0.717, 1.165) is 0 Å². The van der Waals surface area contributed by atoms with Gasteiger partial charge in [0.2, 0.25) is 0 Å². The molecule has 0 heterocycles. The molecule has 72 valence electrons. The molecule has 2 saturated carbocycles. The van der Waals surface area contributed by atoms with E-state index in [1.165, 1.54) is 64.2 Å². The average Bonchev–Trinajstić information content (AvgIpc) is 2.24. The Morgan fingerprint density at radius 2 is 0.769 bits per heavy atom. The van der Waals surface area contributed by atoms with E-state index >= 15 is 0 Å². The zero-order valence-electron chi connectivity index (χ0n) is 8.93. The van der Waals surface area contributed by atoms with Crippen LogP contribution in [0.1, 0.15) is 64.2 Å². The van der Waals surface area contributed by atoms with Gasteiger partial charge in [-0.05, 0) is 0 Å². The molecule has 2 rings (SSSR count). The minimum Gasteiger partial charge on any atom is -0.328 e. The molecule has 2 aliphatic carbocycles. The van der Waals surface area contributed by atoms with Gasteiger partial charge < -0.3 is 12.8 Å². The van der Waals surface area contributed by atoms with E-state index in [4.69, 9.17) is 0 Å². The van der Waals surface area contributed by atoms with Crippen LogP contribution in [0.5, 0.6) is 0 Å². The molecule has 0 N–H and O–H groups in total. The van der Waals surface area contributed by atoms with Crippen molar-refractivity contribution in [3.05, 3.63) is 12.8 Å². The Bertz CT molecular complexity index is 48.1. The van der Waals surface area contributed by atoms with Crippen LogP contribution >= 0.6 is 0 Å². The summed E-state index contributed by atoms with van der Waals surface area (Å²) in [6.07, 6.45) is 19.0. The van der Waals surface area contributed by atoms with Crippen molar-refractivity contribution in [3.8, 4) is 0 Å². The quantitative estimate of drug-likeness (QED) is 0.416. The maximum atomic E-state index is 2.39. The van der Waals surface area contributed by atoms with Crippen LogP contribution in [0.4, 0.5) is 0 Å². The molecule has 13 heavy (non-hydrogen) atoms. The van der Waals surface area contributed by atoms with Gasteiger partial charge in [0, 0.05) is 0 Å². The summed E-state index contributed by atoms with van der Waals surface area (Å²) in [6.45, 7) is 0. The number of hydrogen-bond acceptors (Lipinski definition) is 0. The summed E-state index contributed by atoms with van der Waals surface area (Å²) >= 11 is 0. The number of rotatable bonds is 0. The van der Waals surface area contributed by atoms with Crippen molar-refractivity contribution >= 4 is 37.7 Å². The molecule has 0 bridgehead atoms. The molecular formula is C12H22Ca. The van der Waals surface area contributed by atoms with Gasteiger partial charge in [-0.15, -0.1) is 0 Å². The van der Waals surface area contributed by atoms with Crippen molar-refractivity contribution in [2.45, 2.75) is 64.2 Å². The van der Waals surface area contributed by atoms with Gasteiger partial charge >= 0.3 is 37.7 Å². The monoisotopic (exact) mass is 206 g/mol. The van der Waals surface area contributed by atoms with Gasteiger partial charge in [-0.2, -0.15) is 25.7 Å². The smallest absolute Gasteiger partial charge is 0.328 e. The molecule has 0 nitrogen and oxygen atoms in total. The van der Waals surface area contributed by atoms with Crippen LogP contribution in [0.3, 0.4) is 0 Å². The fourth-order valence-corrected chi connectivity index (χ4v) is 1.80. The fourth-order valence-electron chi connectivity index (χ4n) is 1.80. The summed E-state index contributed by atoms with van der Waals surface area (Å²) in [5, 5.41) is 0. The first-order chi connectivity index (χ1) is 6.00. The van der Waals surface area contributed by atoms with Crippen molar-refractivity contribution in [3.63, 3.8) is 0 Å². The van der Waals surface area contributed by atoms with E-state index < -0.39 is 0 Å². The zero-order chi connectivity index (χ0) is 8.49. The van der Waals surface area contributed by atoms with Gasteiger partial charge in [-0.25, -0.2) is 0 Å². The third kappa shape index (κ3) is 9.56. The molecule has 0 spiro atoms. The minimum absolute atomic E-state index is 0. The molecule has 2 fully saturated rings. The van der Waals surface area contributed by atoms with Crippen LogP contribution in [0.25, 0.3) is 0 Å². The Kier molecular flexibility index (Phi) is 12.4. The van der Waals surface area contributed by atoms with E-state index in [-0.39, 0.29) is 37.7 Å². The molecule has 0 aliphatic heterocycles. The van der Waals surface area contributed by atoms with Gasteiger partial charge in [0.1, 0.15) is 0 Å². The minimum atomic E-state index is 0. The predicted molar refractivity (Wildman–Crippen MR) is 60.5 cm³/mol.